The van der Waals surface area contributed by atoms with Gasteiger partial charge < -0.3 is 9.64 Å². The zero-order valence-electron chi connectivity index (χ0n) is 16.3. The molecule has 0 spiro atoms. The zero-order chi connectivity index (χ0) is 20.1. The summed E-state index contributed by atoms with van der Waals surface area (Å²) in [5, 5.41) is 0. The molecule has 0 atom stereocenters. The van der Waals surface area contributed by atoms with Crippen molar-refractivity contribution in [1.29, 1.82) is 0 Å². The van der Waals surface area contributed by atoms with Crippen molar-refractivity contribution in [2.75, 3.05) is 19.9 Å². The van der Waals surface area contributed by atoms with E-state index < -0.39 is 5.97 Å². The van der Waals surface area contributed by atoms with Crippen LogP contribution in [0.1, 0.15) is 18.1 Å². The predicted octanol–water partition coefficient (Wildman–Crippen LogP) is 4.32. The van der Waals surface area contributed by atoms with Crippen LogP contribution in [0, 0.1) is 0 Å². The van der Waals surface area contributed by atoms with Gasteiger partial charge in [0.05, 0.1) is 18.3 Å². The number of rotatable bonds is 6. The minimum absolute atomic E-state index is 0.164. The Hall–Kier alpha value is -2.79. The van der Waals surface area contributed by atoms with Crippen LogP contribution in [0.5, 0.6) is 0 Å². The first-order chi connectivity index (χ1) is 13.5. The number of methoxy groups -OCH3 is 1. The van der Waals surface area contributed by atoms with Crippen molar-refractivity contribution in [3.8, 4) is 0 Å². The Balaban J connectivity index is 1.91. The largest absolute Gasteiger partial charge is 0.465 e. The number of allylic oxidation sites excluding steroid dienone is 1. The topological polar surface area (TPSA) is 46.6 Å². The van der Waals surface area contributed by atoms with Crippen LogP contribution < -0.4 is 0 Å². The van der Waals surface area contributed by atoms with Gasteiger partial charge in [-0.3, -0.25) is 4.79 Å². The number of nitrogens with zero attached hydrogens (tertiary/aromatic N) is 1. The monoisotopic (exact) mass is 393 g/mol. The number of carbonyl (C=O) groups is 2. The van der Waals surface area contributed by atoms with Crippen molar-refractivity contribution in [3.05, 3.63) is 82.6 Å². The number of benzene rings is 2. The van der Waals surface area contributed by atoms with Crippen molar-refractivity contribution < 1.29 is 14.3 Å². The average Bonchev–Trinajstić information content (AvgIpc) is 2.96. The lowest BCUT2D eigenvalue weighted by atomic mass is 10.0. The molecule has 0 saturated heterocycles. The molecule has 2 aromatic rings. The van der Waals surface area contributed by atoms with Crippen LogP contribution in [0.4, 0.5) is 0 Å². The first-order valence-corrected chi connectivity index (χ1v) is 10.3. The molecule has 0 aliphatic carbocycles. The molecule has 3 rings (SSSR count). The number of hydrogen-bond donors (Lipinski definition) is 0. The fourth-order valence-corrected chi connectivity index (χ4v) is 3.66. The SMILES string of the molecule is COC(=O)C1=C(C)N(CCc2ccccc2)C(=O)/C1=C\c1ccc(SC)cc1. The Labute approximate surface area is 169 Å². The van der Waals surface area contributed by atoms with Gasteiger partial charge in [-0.05, 0) is 48.9 Å². The molecule has 0 radical (unpaired) electrons. The summed E-state index contributed by atoms with van der Waals surface area (Å²) < 4.78 is 4.95. The minimum Gasteiger partial charge on any atom is -0.465 e. The van der Waals surface area contributed by atoms with E-state index in [1.165, 1.54) is 7.11 Å². The summed E-state index contributed by atoms with van der Waals surface area (Å²) in [4.78, 5) is 28.3. The second-order valence-corrected chi connectivity index (χ2v) is 7.36. The van der Waals surface area contributed by atoms with Crippen molar-refractivity contribution in [2.24, 2.45) is 0 Å². The van der Waals surface area contributed by atoms with Crippen LogP contribution in [-0.4, -0.2) is 36.7 Å². The van der Waals surface area contributed by atoms with E-state index >= 15 is 0 Å². The zero-order valence-corrected chi connectivity index (χ0v) is 17.1. The Morgan fingerprint density at radius 2 is 1.79 bits per heavy atom. The second-order valence-electron chi connectivity index (χ2n) is 6.48. The maximum Gasteiger partial charge on any atom is 0.340 e. The third-order valence-corrected chi connectivity index (χ3v) is 5.54. The summed E-state index contributed by atoms with van der Waals surface area (Å²) in [6.07, 6.45) is 4.50. The van der Waals surface area contributed by atoms with Crippen LogP contribution in [-0.2, 0) is 20.7 Å². The summed E-state index contributed by atoms with van der Waals surface area (Å²) in [6.45, 7) is 2.31. The molecule has 28 heavy (non-hydrogen) atoms. The van der Waals surface area contributed by atoms with E-state index in [1.807, 2.05) is 60.9 Å². The summed E-state index contributed by atoms with van der Waals surface area (Å²) >= 11 is 1.66. The highest BCUT2D eigenvalue weighted by Gasteiger charge is 2.36. The lowest BCUT2D eigenvalue weighted by Crippen LogP contribution is -2.27. The fraction of sp³-hybridized carbons (Fsp3) is 0.217. The Kier molecular flexibility index (Phi) is 6.37. The van der Waals surface area contributed by atoms with Gasteiger partial charge in [0, 0.05) is 17.1 Å². The molecular weight excluding hydrogens is 370 g/mol. The minimum atomic E-state index is -0.486. The molecule has 5 heteroatoms. The van der Waals surface area contributed by atoms with Crippen LogP contribution >= 0.6 is 11.8 Å². The van der Waals surface area contributed by atoms with E-state index in [1.54, 1.807) is 29.7 Å². The van der Waals surface area contributed by atoms with E-state index in [0.717, 1.165) is 16.0 Å². The van der Waals surface area contributed by atoms with E-state index in [-0.39, 0.29) is 5.91 Å². The lowest BCUT2D eigenvalue weighted by Gasteiger charge is -2.17. The van der Waals surface area contributed by atoms with Crippen molar-refractivity contribution >= 4 is 29.7 Å². The van der Waals surface area contributed by atoms with Gasteiger partial charge in [0.15, 0.2) is 0 Å². The fourth-order valence-electron chi connectivity index (χ4n) is 3.25. The molecule has 1 aliphatic rings. The summed E-state index contributed by atoms with van der Waals surface area (Å²) in [7, 11) is 1.34. The van der Waals surface area contributed by atoms with Gasteiger partial charge in [-0.2, -0.15) is 0 Å². The summed E-state index contributed by atoms with van der Waals surface area (Å²) in [6, 6.07) is 17.9. The molecule has 0 saturated carbocycles. The van der Waals surface area contributed by atoms with Gasteiger partial charge in [-0.15, -0.1) is 11.8 Å². The van der Waals surface area contributed by atoms with E-state index in [0.29, 0.717) is 29.8 Å². The van der Waals surface area contributed by atoms with Crippen LogP contribution in [0.2, 0.25) is 0 Å². The molecule has 0 aromatic heterocycles. The average molecular weight is 394 g/mol. The third kappa shape index (κ3) is 4.20. The van der Waals surface area contributed by atoms with E-state index in [9.17, 15) is 9.59 Å². The first-order valence-electron chi connectivity index (χ1n) is 9.06. The Morgan fingerprint density at radius 3 is 2.39 bits per heavy atom. The molecule has 0 bridgehead atoms. The molecule has 0 N–H and O–H groups in total. The van der Waals surface area contributed by atoms with Crippen molar-refractivity contribution in [3.63, 3.8) is 0 Å². The highest BCUT2D eigenvalue weighted by Crippen LogP contribution is 2.32. The van der Waals surface area contributed by atoms with Gasteiger partial charge in [-0.1, -0.05) is 42.5 Å². The number of esters is 1. The molecule has 144 valence electrons. The number of thioether (sulfide) groups is 1. The van der Waals surface area contributed by atoms with E-state index in [2.05, 4.69) is 0 Å². The number of ether oxygens (including phenoxy) is 1. The van der Waals surface area contributed by atoms with E-state index in [4.69, 9.17) is 4.74 Å². The summed E-state index contributed by atoms with van der Waals surface area (Å²) in [5.41, 5.74) is 3.39. The number of carbonyl (C=O) groups excluding carboxylic acids is 2. The number of amides is 1. The van der Waals surface area contributed by atoms with Gasteiger partial charge in [0.2, 0.25) is 0 Å². The van der Waals surface area contributed by atoms with Gasteiger partial charge in [0.25, 0.3) is 5.91 Å². The normalized spacial score (nSPS) is 15.5. The molecule has 1 aliphatic heterocycles. The maximum atomic E-state index is 13.1. The smallest absolute Gasteiger partial charge is 0.340 e. The van der Waals surface area contributed by atoms with Gasteiger partial charge in [0.1, 0.15) is 0 Å². The first kappa shape index (κ1) is 20.0. The van der Waals surface area contributed by atoms with Gasteiger partial charge >= 0.3 is 5.97 Å². The lowest BCUT2D eigenvalue weighted by molar-refractivity contribution is -0.136. The van der Waals surface area contributed by atoms with Gasteiger partial charge in [-0.25, -0.2) is 4.79 Å². The molecule has 0 fully saturated rings. The molecule has 0 unspecified atom stereocenters. The highest BCUT2D eigenvalue weighted by atomic mass is 32.2. The quantitative estimate of drug-likeness (QED) is 0.416. The van der Waals surface area contributed by atoms with Crippen molar-refractivity contribution in [2.45, 2.75) is 18.2 Å². The predicted molar refractivity (Wildman–Crippen MR) is 113 cm³/mol. The number of hydrogen-bond acceptors (Lipinski definition) is 4. The molecule has 1 amide bonds. The molecule has 2 aromatic carbocycles. The standard InChI is InChI=1S/C23H23NO3S/c1-16-21(23(26)27-2)20(15-18-9-11-19(28-3)12-10-18)22(25)24(16)14-13-17-7-5-4-6-8-17/h4-12,15H,13-14H2,1-3H3/b20-15-. The Bertz CT molecular complexity index is 930. The maximum absolute atomic E-state index is 13.1. The third-order valence-electron chi connectivity index (χ3n) is 4.79. The summed E-state index contributed by atoms with van der Waals surface area (Å²) in [5.74, 6) is -0.650. The second kappa shape index (κ2) is 8.93. The Morgan fingerprint density at radius 1 is 1.11 bits per heavy atom. The van der Waals surface area contributed by atoms with Crippen molar-refractivity contribution in [1.82, 2.24) is 4.90 Å². The van der Waals surface area contributed by atoms with Crippen LogP contribution in [0.3, 0.4) is 0 Å². The molecular formula is C23H23NO3S. The van der Waals surface area contributed by atoms with Crippen LogP contribution in [0.25, 0.3) is 6.08 Å². The molecule has 4 nitrogen and oxygen atoms in total. The molecule has 1 heterocycles. The highest BCUT2D eigenvalue weighted by molar-refractivity contribution is 7.98. The van der Waals surface area contributed by atoms with Crippen LogP contribution in [0.15, 0.2) is 76.3 Å².